The maximum atomic E-state index is 2.61. The molecule has 2 nitrogen and oxygen atoms in total. The van der Waals surface area contributed by atoms with Gasteiger partial charge in [-0.25, -0.2) is 0 Å². The van der Waals surface area contributed by atoms with Crippen LogP contribution < -0.4 is 0 Å². The van der Waals surface area contributed by atoms with E-state index in [9.17, 15) is 0 Å². The van der Waals surface area contributed by atoms with Crippen LogP contribution in [0.25, 0.3) is 0 Å². The van der Waals surface area contributed by atoms with Crippen molar-refractivity contribution in [3.63, 3.8) is 0 Å². The monoisotopic (exact) mass is 290 g/mol. The van der Waals surface area contributed by atoms with E-state index in [2.05, 4.69) is 36.0 Å². The zero-order valence-corrected chi connectivity index (χ0v) is 14.1. The van der Waals surface area contributed by atoms with Gasteiger partial charge in [0.15, 0.2) is 0 Å². The van der Waals surface area contributed by atoms with Crippen molar-refractivity contribution in [1.82, 2.24) is 9.80 Å². The highest BCUT2D eigenvalue weighted by Gasteiger charge is 2.30. The van der Waals surface area contributed by atoms with Crippen molar-refractivity contribution in [2.75, 3.05) is 6.67 Å². The van der Waals surface area contributed by atoms with Crippen LogP contribution in [-0.4, -0.2) is 28.6 Å². The molecule has 2 saturated carbocycles. The second kappa shape index (κ2) is 7.07. The molecule has 0 aromatic rings. The predicted octanol–water partition coefficient (Wildman–Crippen LogP) is 4.97. The first-order valence-electron chi connectivity index (χ1n) is 9.45. The molecule has 2 heteroatoms. The first kappa shape index (κ1) is 15.2. The maximum Gasteiger partial charge on any atom is 0.0899 e. The molecule has 3 aliphatic rings. The third-order valence-corrected chi connectivity index (χ3v) is 6.49. The molecule has 0 radical (unpaired) electrons. The fourth-order valence-electron chi connectivity index (χ4n) is 4.76. The van der Waals surface area contributed by atoms with Crippen LogP contribution in [-0.2, 0) is 0 Å². The van der Waals surface area contributed by atoms with Crippen LogP contribution in [0.3, 0.4) is 0 Å². The van der Waals surface area contributed by atoms with Gasteiger partial charge in [0, 0.05) is 24.5 Å². The molecule has 3 rings (SSSR count). The molecule has 0 saturated heterocycles. The first-order valence-corrected chi connectivity index (χ1v) is 9.45. The Morgan fingerprint density at radius 3 is 1.43 bits per heavy atom. The lowest BCUT2D eigenvalue weighted by Crippen LogP contribution is -2.42. The minimum Gasteiger partial charge on any atom is -0.356 e. The summed E-state index contributed by atoms with van der Waals surface area (Å²) in [4.78, 5) is 5.21. The van der Waals surface area contributed by atoms with Crippen LogP contribution in [0.1, 0.15) is 78.1 Å². The third kappa shape index (κ3) is 3.57. The van der Waals surface area contributed by atoms with Crippen molar-refractivity contribution in [3.8, 4) is 0 Å². The Labute approximate surface area is 131 Å². The molecule has 0 aromatic carbocycles. The minimum atomic E-state index is 0.727. The van der Waals surface area contributed by atoms with E-state index in [1.807, 2.05) is 0 Å². The Balaban J connectivity index is 1.51. The van der Waals surface area contributed by atoms with Crippen LogP contribution in [0.15, 0.2) is 12.4 Å². The molecule has 0 spiro atoms. The fraction of sp³-hybridized carbons (Fsp3) is 0.895. The second-order valence-electron chi connectivity index (χ2n) is 7.75. The average Bonchev–Trinajstić information content (AvgIpc) is 3.05. The topological polar surface area (TPSA) is 6.48 Å². The lowest BCUT2D eigenvalue weighted by atomic mass is 9.84. The minimum absolute atomic E-state index is 0.727. The standard InChI is InChI=1S/C19H34N2/c1-16(18-9-5-3-6-10-18)20-13-14-21(15-20)17(2)19-11-7-4-8-12-19/h13-14,16-19H,3-12,15H2,1-2H3/t16-,17-/m1/s1. The average molecular weight is 290 g/mol. The zero-order valence-electron chi connectivity index (χ0n) is 14.1. The van der Waals surface area contributed by atoms with Gasteiger partial charge < -0.3 is 9.80 Å². The van der Waals surface area contributed by atoms with Crippen LogP contribution in [0, 0.1) is 11.8 Å². The Kier molecular flexibility index (Phi) is 5.13. The van der Waals surface area contributed by atoms with E-state index < -0.39 is 0 Å². The summed E-state index contributed by atoms with van der Waals surface area (Å²) in [6, 6.07) is 1.45. The van der Waals surface area contributed by atoms with E-state index in [0.29, 0.717) is 0 Å². The van der Waals surface area contributed by atoms with E-state index in [1.165, 1.54) is 64.2 Å². The highest BCUT2D eigenvalue weighted by atomic mass is 15.4. The van der Waals surface area contributed by atoms with Gasteiger partial charge in [-0.15, -0.1) is 0 Å². The molecule has 2 aliphatic carbocycles. The van der Waals surface area contributed by atoms with Gasteiger partial charge >= 0.3 is 0 Å². The van der Waals surface area contributed by atoms with E-state index in [0.717, 1.165) is 30.6 Å². The summed E-state index contributed by atoms with van der Waals surface area (Å²) in [6.45, 7) is 6.04. The molecule has 120 valence electrons. The summed E-state index contributed by atoms with van der Waals surface area (Å²) < 4.78 is 0. The van der Waals surface area contributed by atoms with Crippen molar-refractivity contribution in [2.45, 2.75) is 90.1 Å². The van der Waals surface area contributed by atoms with Gasteiger partial charge in [-0.1, -0.05) is 38.5 Å². The van der Waals surface area contributed by atoms with Gasteiger partial charge in [0.1, 0.15) is 0 Å². The van der Waals surface area contributed by atoms with Gasteiger partial charge in [0.25, 0.3) is 0 Å². The molecule has 1 aliphatic heterocycles. The highest BCUT2D eigenvalue weighted by Crippen LogP contribution is 2.33. The molecule has 2 atom stereocenters. The Morgan fingerprint density at radius 1 is 0.667 bits per heavy atom. The van der Waals surface area contributed by atoms with Crippen LogP contribution >= 0.6 is 0 Å². The molecule has 2 fully saturated rings. The molecule has 21 heavy (non-hydrogen) atoms. The smallest absolute Gasteiger partial charge is 0.0899 e. The van der Waals surface area contributed by atoms with Crippen molar-refractivity contribution >= 4 is 0 Å². The molecule has 0 amide bonds. The summed E-state index contributed by atoms with van der Waals surface area (Å²) in [5, 5.41) is 0. The Morgan fingerprint density at radius 2 is 1.05 bits per heavy atom. The largest absolute Gasteiger partial charge is 0.356 e. The van der Waals surface area contributed by atoms with Crippen molar-refractivity contribution in [2.24, 2.45) is 11.8 Å². The summed E-state index contributed by atoms with van der Waals surface area (Å²) >= 11 is 0. The number of hydrogen-bond donors (Lipinski definition) is 0. The summed E-state index contributed by atoms with van der Waals surface area (Å²) in [7, 11) is 0. The second-order valence-corrected chi connectivity index (χ2v) is 7.75. The van der Waals surface area contributed by atoms with Gasteiger partial charge in [0.2, 0.25) is 0 Å². The molecule has 0 unspecified atom stereocenters. The lowest BCUT2D eigenvalue weighted by molar-refractivity contribution is 0.108. The van der Waals surface area contributed by atoms with E-state index in [-0.39, 0.29) is 0 Å². The summed E-state index contributed by atoms with van der Waals surface area (Å²) in [6.07, 6.45) is 19.3. The lowest BCUT2D eigenvalue weighted by Gasteiger charge is -2.38. The van der Waals surface area contributed by atoms with Crippen molar-refractivity contribution in [1.29, 1.82) is 0 Å². The normalized spacial score (nSPS) is 28.1. The quantitative estimate of drug-likeness (QED) is 0.721. The predicted molar refractivity (Wildman–Crippen MR) is 89.8 cm³/mol. The van der Waals surface area contributed by atoms with Crippen LogP contribution in [0.4, 0.5) is 0 Å². The van der Waals surface area contributed by atoms with Crippen molar-refractivity contribution in [3.05, 3.63) is 12.4 Å². The fourth-order valence-corrected chi connectivity index (χ4v) is 4.76. The molecule has 1 heterocycles. The van der Waals surface area contributed by atoms with Gasteiger partial charge in [-0.2, -0.15) is 0 Å². The number of rotatable bonds is 4. The highest BCUT2D eigenvalue weighted by molar-refractivity contribution is 4.98. The zero-order chi connectivity index (χ0) is 14.7. The molecular weight excluding hydrogens is 256 g/mol. The van der Waals surface area contributed by atoms with Crippen LogP contribution in [0.5, 0.6) is 0 Å². The Hall–Kier alpha value is -0.660. The molecule has 0 aromatic heterocycles. The molecular formula is C19H34N2. The van der Waals surface area contributed by atoms with E-state index >= 15 is 0 Å². The maximum absolute atomic E-state index is 2.61. The third-order valence-electron chi connectivity index (χ3n) is 6.49. The van der Waals surface area contributed by atoms with E-state index in [4.69, 9.17) is 0 Å². The Bertz CT molecular complexity index is 307. The number of hydrogen-bond acceptors (Lipinski definition) is 2. The van der Waals surface area contributed by atoms with Crippen LogP contribution in [0.2, 0.25) is 0 Å². The first-order chi connectivity index (χ1) is 10.3. The van der Waals surface area contributed by atoms with Gasteiger partial charge in [0.05, 0.1) is 6.67 Å². The summed E-state index contributed by atoms with van der Waals surface area (Å²) in [5.41, 5.74) is 0. The molecule has 0 N–H and O–H groups in total. The SMILES string of the molecule is C[C@H](C1CCCCC1)N1C=CN([C@H](C)C2CCCCC2)C1. The van der Waals surface area contributed by atoms with Gasteiger partial charge in [-0.05, 0) is 51.4 Å². The number of nitrogens with zero attached hydrogens (tertiary/aromatic N) is 2. The van der Waals surface area contributed by atoms with Crippen molar-refractivity contribution < 1.29 is 0 Å². The van der Waals surface area contributed by atoms with E-state index in [1.54, 1.807) is 0 Å². The summed E-state index contributed by atoms with van der Waals surface area (Å²) in [5.74, 6) is 1.85. The van der Waals surface area contributed by atoms with Gasteiger partial charge in [-0.3, -0.25) is 0 Å². The molecule has 0 bridgehead atoms.